The molecule has 0 spiro atoms. The van der Waals surface area contributed by atoms with Gasteiger partial charge in [-0.25, -0.2) is 4.39 Å². The van der Waals surface area contributed by atoms with Gasteiger partial charge in [0.25, 0.3) is 11.4 Å². The molecule has 4 N–H and O–H groups in total. The van der Waals surface area contributed by atoms with E-state index in [-0.39, 0.29) is 17.1 Å². The fourth-order valence-electron chi connectivity index (χ4n) is 4.38. The standard InChI is InChI=1S/C30H23FN6O4/c31-29-19-28(34(22-5-1-20(32)2-6-22)23-7-3-21(33)4-8-23)17-18-30(29)35(24-9-13-26(14-10-24)36(38)39)25-11-15-27(16-12-25)37(40)41/h1-19H,32-33H2. The summed E-state index contributed by atoms with van der Waals surface area (Å²) in [5.74, 6) is -0.602. The van der Waals surface area contributed by atoms with Gasteiger partial charge in [-0.2, -0.15) is 0 Å². The molecule has 0 saturated carbocycles. The van der Waals surface area contributed by atoms with Gasteiger partial charge in [0, 0.05) is 70.1 Å². The normalized spacial score (nSPS) is 10.7. The number of nitro groups is 2. The Labute approximate surface area is 233 Å². The molecule has 41 heavy (non-hydrogen) atoms. The molecule has 0 fully saturated rings. The lowest BCUT2D eigenvalue weighted by atomic mass is 10.1. The van der Waals surface area contributed by atoms with Gasteiger partial charge in [-0.05, 0) is 84.9 Å². The van der Waals surface area contributed by atoms with Gasteiger partial charge in [-0.15, -0.1) is 0 Å². The van der Waals surface area contributed by atoms with Crippen LogP contribution in [0.25, 0.3) is 0 Å². The van der Waals surface area contributed by atoms with Crippen molar-refractivity contribution in [1.82, 2.24) is 0 Å². The molecule has 0 atom stereocenters. The first kappa shape index (κ1) is 26.6. The van der Waals surface area contributed by atoms with Crippen LogP contribution in [0.4, 0.5) is 61.3 Å². The highest BCUT2D eigenvalue weighted by Gasteiger charge is 2.21. The number of nitro benzene ring substituents is 2. The summed E-state index contributed by atoms with van der Waals surface area (Å²) in [4.78, 5) is 24.7. The Bertz CT molecular complexity index is 1610. The number of halogens is 1. The van der Waals surface area contributed by atoms with Crippen LogP contribution in [0.2, 0.25) is 0 Å². The van der Waals surface area contributed by atoms with Crippen molar-refractivity contribution in [3.8, 4) is 0 Å². The maximum Gasteiger partial charge on any atom is 0.269 e. The highest BCUT2D eigenvalue weighted by molar-refractivity contribution is 5.82. The molecule has 204 valence electrons. The minimum atomic E-state index is -0.602. The summed E-state index contributed by atoms with van der Waals surface area (Å²) >= 11 is 0. The Balaban J connectivity index is 1.62. The van der Waals surface area contributed by atoms with Crippen molar-refractivity contribution in [2.75, 3.05) is 21.3 Å². The van der Waals surface area contributed by atoms with Crippen molar-refractivity contribution >= 4 is 56.9 Å². The Morgan fingerprint density at radius 1 is 0.512 bits per heavy atom. The van der Waals surface area contributed by atoms with E-state index >= 15 is 4.39 Å². The second-order valence-corrected chi connectivity index (χ2v) is 9.04. The second kappa shape index (κ2) is 11.0. The summed E-state index contributed by atoms with van der Waals surface area (Å²) < 4.78 is 16.1. The number of nitrogens with zero attached hydrogens (tertiary/aromatic N) is 4. The third-order valence-electron chi connectivity index (χ3n) is 6.37. The average Bonchev–Trinajstić information content (AvgIpc) is 2.97. The molecule has 0 aliphatic carbocycles. The van der Waals surface area contributed by atoms with Gasteiger partial charge in [-0.3, -0.25) is 20.2 Å². The second-order valence-electron chi connectivity index (χ2n) is 9.04. The molecule has 0 aliphatic rings. The van der Waals surface area contributed by atoms with E-state index in [0.29, 0.717) is 28.4 Å². The van der Waals surface area contributed by atoms with Crippen molar-refractivity contribution in [2.24, 2.45) is 0 Å². The Hall–Kier alpha value is -5.97. The minimum Gasteiger partial charge on any atom is -0.399 e. The fraction of sp³-hybridized carbons (Fsp3) is 0. The number of hydrogen-bond donors (Lipinski definition) is 2. The molecular weight excluding hydrogens is 527 g/mol. The predicted octanol–water partition coefficient (Wildman–Crippen LogP) is 7.75. The van der Waals surface area contributed by atoms with Gasteiger partial charge in [0.15, 0.2) is 0 Å². The van der Waals surface area contributed by atoms with E-state index in [1.807, 2.05) is 29.2 Å². The molecule has 5 aromatic carbocycles. The van der Waals surface area contributed by atoms with E-state index < -0.39 is 15.7 Å². The van der Waals surface area contributed by atoms with Crippen LogP contribution in [0.3, 0.4) is 0 Å². The van der Waals surface area contributed by atoms with Gasteiger partial charge in [0.1, 0.15) is 5.82 Å². The zero-order chi connectivity index (χ0) is 29.1. The summed E-state index contributed by atoms with van der Waals surface area (Å²) in [7, 11) is 0. The topological polar surface area (TPSA) is 145 Å². The molecule has 5 aromatic rings. The average molecular weight is 551 g/mol. The van der Waals surface area contributed by atoms with Crippen LogP contribution in [0.5, 0.6) is 0 Å². The van der Waals surface area contributed by atoms with Crippen LogP contribution in [0, 0.1) is 26.0 Å². The van der Waals surface area contributed by atoms with E-state index in [2.05, 4.69) is 0 Å². The zero-order valence-corrected chi connectivity index (χ0v) is 21.4. The number of anilines is 8. The predicted molar refractivity (Wildman–Crippen MR) is 158 cm³/mol. The summed E-state index contributed by atoms with van der Waals surface area (Å²) in [6.45, 7) is 0. The summed E-state index contributed by atoms with van der Waals surface area (Å²) in [5, 5.41) is 22.4. The number of nitrogens with two attached hydrogens (primary N) is 2. The Morgan fingerprint density at radius 3 is 1.22 bits per heavy atom. The third kappa shape index (κ3) is 5.59. The molecule has 0 aromatic heterocycles. The van der Waals surface area contributed by atoms with Crippen LogP contribution in [-0.2, 0) is 0 Å². The first-order valence-electron chi connectivity index (χ1n) is 12.3. The monoisotopic (exact) mass is 550 g/mol. The zero-order valence-electron chi connectivity index (χ0n) is 21.4. The largest absolute Gasteiger partial charge is 0.399 e. The number of rotatable bonds is 8. The van der Waals surface area contributed by atoms with E-state index in [1.54, 1.807) is 36.4 Å². The number of benzene rings is 5. The summed E-state index contributed by atoms with van der Waals surface area (Å²) in [5.41, 5.74) is 15.6. The Kier molecular flexibility index (Phi) is 7.16. The van der Waals surface area contributed by atoms with Crippen LogP contribution in [0.15, 0.2) is 115 Å². The van der Waals surface area contributed by atoms with E-state index in [0.717, 1.165) is 11.4 Å². The van der Waals surface area contributed by atoms with E-state index in [1.165, 1.54) is 59.5 Å². The fourth-order valence-corrected chi connectivity index (χ4v) is 4.38. The van der Waals surface area contributed by atoms with Crippen molar-refractivity contribution in [3.63, 3.8) is 0 Å². The minimum absolute atomic E-state index is 0.129. The highest BCUT2D eigenvalue weighted by atomic mass is 19.1. The number of nitrogen functional groups attached to an aromatic ring is 2. The first-order valence-corrected chi connectivity index (χ1v) is 12.3. The summed E-state index contributed by atoms with van der Waals surface area (Å²) in [6, 6.07) is 30.1. The molecular formula is C30H23FN6O4. The quantitative estimate of drug-likeness (QED) is 0.113. The molecule has 0 radical (unpaired) electrons. The number of hydrogen-bond acceptors (Lipinski definition) is 8. The number of non-ortho nitro benzene ring substituents is 2. The van der Waals surface area contributed by atoms with E-state index in [9.17, 15) is 20.2 Å². The molecule has 0 saturated heterocycles. The van der Waals surface area contributed by atoms with Crippen LogP contribution < -0.4 is 21.3 Å². The molecule has 0 unspecified atom stereocenters. The van der Waals surface area contributed by atoms with Gasteiger partial charge >= 0.3 is 0 Å². The molecule has 5 rings (SSSR count). The van der Waals surface area contributed by atoms with Gasteiger partial charge in [-0.1, -0.05) is 0 Å². The lowest BCUT2D eigenvalue weighted by Gasteiger charge is -2.28. The van der Waals surface area contributed by atoms with Crippen LogP contribution in [-0.4, -0.2) is 9.85 Å². The van der Waals surface area contributed by atoms with Crippen molar-refractivity contribution in [3.05, 3.63) is 141 Å². The molecule has 0 aliphatic heterocycles. The first-order chi connectivity index (χ1) is 19.7. The van der Waals surface area contributed by atoms with Crippen LogP contribution >= 0.6 is 0 Å². The SMILES string of the molecule is Nc1ccc(N(c2ccc(N)cc2)c2ccc(N(c3ccc([N+](=O)[O-])cc3)c3ccc([N+](=O)[O-])cc3)c(F)c2)cc1. The van der Waals surface area contributed by atoms with Gasteiger partial charge in [0.05, 0.1) is 15.5 Å². The van der Waals surface area contributed by atoms with Crippen molar-refractivity contribution in [2.45, 2.75) is 0 Å². The lowest BCUT2D eigenvalue weighted by molar-refractivity contribution is -0.385. The van der Waals surface area contributed by atoms with Gasteiger partial charge < -0.3 is 21.3 Å². The molecule has 0 bridgehead atoms. The molecule has 0 amide bonds. The van der Waals surface area contributed by atoms with Crippen LogP contribution in [0.1, 0.15) is 0 Å². The van der Waals surface area contributed by atoms with Gasteiger partial charge in [0.2, 0.25) is 0 Å². The Morgan fingerprint density at radius 2 is 0.854 bits per heavy atom. The molecule has 11 heteroatoms. The lowest BCUT2D eigenvalue weighted by Crippen LogP contribution is -2.14. The highest BCUT2D eigenvalue weighted by Crippen LogP contribution is 2.41. The van der Waals surface area contributed by atoms with Crippen molar-refractivity contribution in [1.29, 1.82) is 0 Å². The third-order valence-corrected chi connectivity index (χ3v) is 6.37. The maximum absolute atomic E-state index is 16.1. The van der Waals surface area contributed by atoms with Crippen molar-refractivity contribution < 1.29 is 14.2 Å². The molecule has 0 heterocycles. The maximum atomic E-state index is 16.1. The molecule has 10 nitrogen and oxygen atoms in total. The smallest absolute Gasteiger partial charge is 0.269 e. The van der Waals surface area contributed by atoms with E-state index in [4.69, 9.17) is 11.5 Å². The summed E-state index contributed by atoms with van der Waals surface area (Å²) in [6.07, 6.45) is 0.